The van der Waals surface area contributed by atoms with Crippen LogP contribution in [-0.2, 0) is 11.8 Å². The van der Waals surface area contributed by atoms with Crippen LogP contribution in [-0.4, -0.2) is 64.1 Å². The van der Waals surface area contributed by atoms with E-state index in [1.165, 1.54) is 12.8 Å². The Balaban J connectivity index is 1.46. The first kappa shape index (κ1) is 20.9. The minimum absolute atomic E-state index is 0.00533. The Labute approximate surface area is 189 Å². The van der Waals surface area contributed by atoms with Crippen LogP contribution in [0.1, 0.15) is 34.9 Å². The van der Waals surface area contributed by atoms with Gasteiger partial charge in [0.1, 0.15) is 11.5 Å². The Morgan fingerprint density at radius 3 is 2.41 bits per heavy atom. The van der Waals surface area contributed by atoms with E-state index in [0.29, 0.717) is 18.8 Å². The summed E-state index contributed by atoms with van der Waals surface area (Å²) in [6.45, 7) is 4.19. The third kappa shape index (κ3) is 4.08. The molecule has 0 aliphatic carbocycles. The van der Waals surface area contributed by atoms with Crippen LogP contribution < -0.4 is 0 Å². The summed E-state index contributed by atoms with van der Waals surface area (Å²) in [7, 11) is 1.92. The van der Waals surface area contributed by atoms with Gasteiger partial charge in [-0.05, 0) is 31.5 Å². The molecule has 2 atom stereocenters. The molecule has 0 radical (unpaired) electrons. The molecule has 1 aromatic heterocycles. The van der Waals surface area contributed by atoms with E-state index < -0.39 is 0 Å². The van der Waals surface area contributed by atoms with Crippen molar-refractivity contribution in [2.75, 3.05) is 32.8 Å². The third-order valence-electron chi connectivity index (χ3n) is 6.63. The van der Waals surface area contributed by atoms with Crippen molar-refractivity contribution in [2.45, 2.75) is 25.0 Å². The Morgan fingerprint density at radius 2 is 1.69 bits per heavy atom. The molecule has 2 aliphatic heterocycles. The number of likely N-dealkylation sites (tertiary alicyclic amines) is 1. The molecule has 32 heavy (non-hydrogen) atoms. The molecule has 0 bridgehead atoms. The van der Waals surface area contributed by atoms with Crippen molar-refractivity contribution in [3.05, 3.63) is 78.1 Å². The molecule has 0 saturated carbocycles. The molecule has 0 N–H and O–H groups in total. The fraction of sp³-hybridized carbons (Fsp3) is 0.385. The maximum Gasteiger partial charge on any atom is 0.272 e. The first-order valence-corrected chi connectivity index (χ1v) is 11.5. The highest BCUT2D eigenvalue weighted by molar-refractivity contribution is 5.93. The van der Waals surface area contributed by atoms with E-state index in [1.807, 2.05) is 65.0 Å². The fourth-order valence-corrected chi connectivity index (χ4v) is 4.99. The third-order valence-corrected chi connectivity index (χ3v) is 6.63. The summed E-state index contributed by atoms with van der Waals surface area (Å²) < 4.78 is 8.18. The molecule has 0 unspecified atom stereocenters. The van der Waals surface area contributed by atoms with E-state index in [0.717, 1.165) is 36.6 Å². The van der Waals surface area contributed by atoms with Crippen molar-refractivity contribution in [1.82, 2.24) is 19.4 Å². The lowest BCUT2D eigenvalue weighted by molar-refractivity contribution is -0.0709. The molecular weight excluding hydrogens is 400 g/mol. The number of nitrogens with zero attached hydrogens (tertiary/aromatic N) is 4. The lowest BCUT2D eigenvalue weighted by Gasteiger charge is -2.42. The van der Waals surface area contributed by atoms with Gasteiger partial charge in [-0.15, -0.1) is 0 Å². The number of morpholine rings is 1. The Morgan fingerprint density at radius 1 is 1.00 bits per heavy atom. The van der Waals surface area contributed by atoms with Crippen LogP contribution >= 0.6 is 0 Å². The van der Waals surface area contributed by atoms with Crippen molar-refractivity contribution in [2.24, 2.45) is 7.05 Å². The van der Waals surface area contributed by atoms with Gasteiger partial charge in [0.25, 0.3) is 5.91 Å². The number of hydrogen-bond acceptors (Lipinski definition) is 4. The summed E-state index contributed by atoms with van der Waals surface area (Å²) in [5, 5.41) is 0. The van der Waals surface area contributed by atoms with Crippen LogP contribution in [0.3, 0.4) is 0 Å². The summed E-state index contributed by atoms with van der Waals surface area (Å²) in [4.78, 5) is 22.9. The van der Waals surface area contributed by atoms with Gasteiger partial charge in [0.2, 0.25) is 0 Å². The van der Waals surface area contributed by atoms with E-state index in [9.17, 15) is 4.79 Å². The zero-order chi connectivity index (χ0) is 21.9. The molecule has 6 nitrogen and oxygen atoms in total. The summed E-state index contributed by atoms with van der Waals surface area (Å²) in [6, 6.07) is 20.2. The highest BCUT2D eigenvalue weighted by Gasteiger charge is 2.38. The summed E-state index contributed by atoms with van der Waals surface area (Å²) >= 11 is 0. The second-order valence-corrected chi connectivity index (χ2v) is 8.66. The van der Waals surface area contributed by atoms with Gasteiger partial charge in [-0.25, -0.2) is 4.98 Å². The topological polar surface area (TPSA) is 50.6 Å². The molecule has 0 spiro atoms. The Bertz CT molecular complexity index is 1040. The zero-order valence-corrected chi connectivity index (χ0v) is 18.6. The van der Waals surface area contributed by atoms with Crippen molar-refractivity contribution in [1.29, 1.82) is 0 Å². The molecule has 2 saturated heterocycles. The molecule has 3 heterocycles. The SMILES string of the molecule is Cn1c(C(=O)N2CCO[C@@H](CN3CCCC3)[C@@H]2c2ccccc2)cnc1-c1ccccc1. The van der Waals surface area contributed by atoms with Gasteiger partial charge in [0, 0.05) is 25.7 Å². The van der Waals surface area contributed by atoms with E-state index in [2.05, 4.69) is 22.0 Å². The monoisotopic (exact) mass is 430 g/mol. The van der Waals surface area contributed by atoms with Gasteiger partial charge >= 0.3 is 0 Å². The molecule has 2 fully saturated rings. The average molecular weight is 431 g/mol. The van der Waals surface area contributed by atoms with Crippen LogP contribution in [0.15, 0.2) is 66.9 Å². The van der Waals surface area contributed by atoms with Gasteiger partial charge < -0.3 is 19.1 Å². The van der Waals surface area contributed by atoms with Crippen molar-refractivity contribution < 1.29 is 9.53 Å². The lowest BCUT2D eigenvalue weighted by atomic mass is 9.97. The van der Waals surface area contributed by atoms with E-state index in [-0.39, 0.29) is 18.1 Å². The Kier molecular flexibility index (Phi) is 6.06. The molecule has 2 aromatic carbocycles. The molecule has 6 heteroatoms. The number of imidazole rings is 1. The smallest absolute Gasteiger partial charge is 0.272 e. The quantitative estimate of drug-likeness (QED) is 0.618. The summed E-state index contributed by atoms with van der Waals surface area (Å²) in [6.07, 6.45) is 4.14. The highest BCUT2D eigenvalue weighted by Crippen LogP contribution is 2.32. The number of aromatic nitrogens is 2. The van der Waals surface area contributed by atoms with Gasteiger partial charge in [0.15, 0.2) is 0 Å². The predicted octanol–water partition coefficient (Wildman–Crippen LogP) is 3.77. The first-order valence-electron chi connectivity index (χ1n) is 11.5. The second-order valence-electron chi connectivity index (χ2n) is 8.66. The van der Waals surface area contributed by atoms with Crippen LogP contribution in [0.4, 0.5) is 0 Å². The average Bonchev–Trinajstić information content (AvgIpc) is 3.49. The number of carbonyl (C=O) groups is 1. The van der Waals surface area contributed by atoms with Gasteiger partial charge in [0.05, 0.1) is 24.9 Å². The van der Waals surface area contributed by atoms with Crippen molar-refractivity contribution in [3.8, 4) is 11.4 Å². The molecule has 2 aliphatic rings. The van der Waals surface area contributed by atoms with Crippen molar-refractivity contribution in [3.63, 3.8) is 0 Å². The number of amides is 1. The lowest BCUT2D eigenvalue weighted by Crippen LogP contribution is -2.51. The second kappa shape index (κ2) is 9.27. The number of hydrogen-bond donors (Lipinski definition) is 0. The normalized spacial score (nSPS) is 21.7. The number of carbonyl (C=O) groups excluding carboxylic acids is 1. The number of rotatable bonds is 5. The molecule has 3 aromatic rings. The Hall–Kier alpha value is -2.96. The first-order chi connectivity index (χ1) is 15.7. The maximum absolute atomic E-state index is 13.8. The number of benzene rings is 2. The van der Waals surface area contributed by atoms with E-state index >= 15 is 0 Å². The van der Waals surface area contributed by atoms with Gasteiger partial charge in [-0.2, -0.15) is 0 Å². The highest BCUT2D eigenvalue weighted by atomic mass is 16.5. The minimum Gasteiger partial charge on any atom is -0.373 e. The molecular formula is C26H30N4O2. The van der Waals surface area contributed by atoms with Crippen LogP contribution in [0.5, 0.6) is 0 Å². The fourth-order valence-electron chi connectivity index (χ4n) is 4.99. The summed E-state index contributed by atoms with van der Waals surface area (Å²) in [5.74, 6) is 0.804. The van der Waals surface area contributed by atoms with Gasteiger partial charge in [-0.1, -0.05) is 60.7 Å². The molecule has 5 rings (SSSR count). The predicted molar refractivity (Wildman–Crippen MR) is 124 cm³/mol. The van der Waals surface area contributed by atoms with Crippen LogP contribution in [0.25, 0.3) is 11.4 Å². The molecule has 166 valence electrons. The van der Waals surface area contributed by atoms with Crippen LogP contribution in [0.2, 0.25) is 0 Å². The number of ether oxygens (including phenoxy) is 1. The van der Waals surface area contributed by atoms with E-state index in [4.69, 9.17) is 4.74 Å². The minimum atomic E-state index is -0.117. The summed E-state index contributed by atoms with van der Waals surface area (Å²) in [5.41, 5.74) is 2.73. The van der Waals surface area contributed by atoms with Crippen LogP contribution in [0, 0.1) is 0 Å². The standard InChI is InChI=1S/C26H30N4O2/c1-28-22(18-27-25(28)21-12-6-3-7-13-21)26(31)30-16-17-32-23(19-29-14-8-9-15-29)24(30)20-10-4-2-5-11-20/h2-7,10-13,18,23-24H,8-9,14-17,19H2,1H3/t23-,24-/m0/s1. The van der Waals surface area contributed by atoms with Gasteiger partial charge in [-0.3, -0.25) is 4.79 Å². The largest absolute Gasteiger partial charge is 0.373 e. The van der Waals surface area contributed by atoms with Crippen molar-refractivity contribution >= 4 is 5.91 Å². The maximum atomic E-state index is 13.8. The zero-order valence-electron chi connectivity index (χ0n) is 18.6. The van der Waals surface area contributed by atoms with E-state index in [1.54, 1.807) is 6.20 Å². The molecule has 1 amide bonds.